The smallest absolute Gasteiger partial charge is 0.387 e. The number of ether oxygens (including phenoxy) is 2. The third kappa shape index (κ3) is 5.30. The highest BCUT2D eigenvalue weighted by Gasteiger charge is 2.32. The minimum Gasteiger partial charge on any atom is -0.432 e. The van der Waals surface area contributed by atoms with Crippen LogP contribution in [0.4, 0.5) is 17.6 Å². The van der Waals surface area contributed by atoms with Crippen molar-refractivity contribution in [1.29, 1.82) is 0 Å². The highest BCUT2D eigenvalue weighted by molar-refractivity contribution is 5.75. The van der Waals surface area contributed by atoms with Crippen LogP contribution in [0.15, 0.2) is 60.7 Å². The zero-order valence-corrected chi connectivity index (χ0v) is 16.7. The summed E-state index contributed by atoms with van der Waals surface area (Å²) in [6.45, 7) is -0.546. The van der Waals surface area contributed by atoms with E-state index in [1.165, 1.54) is 30.3 Å². The van der Waals surface area contributed by atoms with Crippen LogP contribution in [0.25, 0.3) is 5.57 Å². The number of hydrogen-bond donors (Lipinski definition) is 0. The monoisotopic (exact) mass is 420 g/mol. The molecule has 0 aliphatic heterocycles. The van der Waals surface area contributed by atoms with Gasteiger partial charge in [0.1, 0.15) is 11.4 Å². The summed E-state index contributed by atoms with van der Waals surface area (Å²) in [4.78, 5) is 0. The van der Waals surface area contributed by atoms with Crippen LogP contribution in [0.2, 0.25) is 0 Å². The lowest BCUT2D eigenvalue weighted by atomic mass is 9.83. The number of alkyl halides is 2. The first-order valence-corrected chi connectivity index (χ1v) is 9.97. The molecular formula is C24H24F4O2. The molecule has 0 heterocycles. The van der Waals surface area contributed by atoms with Gasteiger partial charge in [-0.05, 0) is 53.5 Å². The standard InChI is InChI=1S/C24H24F4O2/c1-2-3-4-14-29-24(19-8-9-22(21(26)16-19)30-23(27)28)12-10-17(11-13-24)18-6-5-7-20(25)15-18/h5-12,15-16,23H,2-4,13-14H2,1H3. The molecule has 1 aliphatic rings. The predicted molar refractivity (Wildman–Crippen MR) is 108 cm³/mol. The molecule has 30 heavy (non-hydrogen) atoms. The quantitative estimate of drug-likeness (QED) is 0.321. The van der Waals surface area contributed by atoms with Crippen molar-refractivity contribution in [1.82, 2.24) is 0 Å². The summed E-state index contributed by atoms with van der Waals surface area (Å²) in [6, 6.07) is 10.2. The summed E-state index contributed by atoms with van der Waals surface area (Å²) >= 11 is 0. The van der Waals surface area contributed by atoms with Gasteiger partial charge >= 0.3 is 6.61 Å². The largest absolute Gasteiger partial charge is 0.432 e. The molecule has 1 atom stereocenters. The SMILES string of the molecule is CCCCCOC1(c2ccc(OC(F)F)c(F)c2)C=CC(c2cccc(F)c2)=CC1. The minimum absolute atomic E-state index is 0.328. The number of unbranched alkanes of at least 4 members (excludes halogenated alkanes) is 2. The van der Waals surface area contributed by atoms with Gasteiger partial charge in [-0.1, -0.05) is 50.1 Å². The molecule has 2 nitrogen and oxygen atoms in total. The molecule has 2 aromatic rings. The second-order valence-corrected chi connectivity index (χ2v) is 7.18. The molecule has 6 heteroatoms. The average molecular weight is 420 g/mol. The van der Waals surface area contributed by atoms with Crippen molar-refractivity contribution in [3.63, 3.8) is 0 Å². The summed E-state index contributed by atoms with van der Waals surface area (Å²) in [5.41, 5.74) is 1.14. The summed E-state index contributed by atoms with van der Waals surface area (Å²) in [5.74, 6) is -1.71. The Morgan fingerprint density at radius 3 is 2.53 bits per heavy atom. The lowest BCUT2D eigenvalue weighted by molar-refractivity contribution is -0.0523. The maximum absolute atomic E-state index is 14.4. The van der Waals surface area contributed by atoms with Gasteiger partial charge in [0.05, 0.1) is 0 Å². The van der Waals surface area contributed by atoms with Gasteiger partial charge in [-0.2, -0.15) is 8.78 Å². The van der Waals surface area contributed by atoms with E-state index in [2.05, 4.69) is 11.7 Å². The van der Waals surface area contributed by atoms with E-state index in [-0.39, 0.29) is 5.82 Å². The van der Waals surface area contributed by atoms with Crippen LogP contribution in [-0.4, -0.2) is 13.2 Å². The zero-order valence-electron chi connectivity index (χ0n) is 16.7. The third-order valence-corrected chi connectivity index (χ3v) is 5.06. The molecule has 0 spiro atoms. The van der Waals surface area contributed by atoms with Crippen molar-refractivity contribution in [3.8, 4) is 5.75 Å². The topological polar surface area (TPSA) is 18.5 Å². The Balaban J connectivity index is 1.88. The van der Waals surface area contributed by atoms with E-state index in [1.807, 2.05) is 24.3 Å². The van der Waals surface area contributed by atoms with E-state index < -0.39 is 23.8 Å². The maximum Gasteiger partial charge on any atom is 0.387 e. The first-order chi connectivity index (χ1) is 14.4. The minimum atomic E-state index is -3.10. The van der Waals surface area contributed by atoms with Gasteiger partial charge < -0.3 is 9.47 Å². The van der Waals surface area contributed by atoms with Gasteiger partial charge in [-0.25, -0.2) is 8.78 Å². The molecule has 0 N–H and O–H groups in total. The highest BCUT2D eigenvalue weighted by Crippen LogP contribution is 2.39. The second kappa shape index (κ2) is 9.94. The molecular weight excluding hydrogens is 396 g/mol. The fourth-order valence-corrected chi connectivity index (χ4v) is 3.47. The Kier molecular flexibility index (Phi) is 7.32. The first-order valence-electron chi connectivity index (χ1n) is 9.97. The fourth-order valence-electron chi connectivity index (χ4n) is 3.47. The summed E-state index contributed by atoms with van der Waals surface area (Å²) in [6.07, 6.45) is 8.83. The van der Waals surface area contributed by atoms with Gasteiger partial charge in [-0.15, -0.1) is 0 Å². The molecule has 3 rings (SSSR count). The number of rotatable bonds is 9. The normalized spacial score (nSPS) is 18.5. The van der Waals surface area contributed by atoms with Crippen LogP contribution in [-0.2, 0) is 10.3 Å². The Labute approximate surface area is 173 Å². The van der Waals surface area contributed by atoms with Gasteiger partial charge in [-0.3, -0.25) is 0 Å². The van der Waals surface area contributed by atoms with Crippen LogP contribution >= 0.6 is 0 Å². The summed E-state index contributed by atoms with van der Waals surface area (Å²) < 4.78 is 63.2. The molecule has 2 aromatic carbocycles. The van der Waals surface area contributed by atoms with Crippen LogP contribution in [0.1, 0.15) is 43.7 Å². The van der Waals surface area contributed by atoms with Crippen LogP contribution in [0.3, 0.4) is 0 Å². The van der Waals surface area contributed by atoms with Gasteiger partial charge in [0.25, 0.3) is 0 Å². The number of benzene rings is 2. The van der Waals surface area contributed by atoms with Crippen LogP contribution < -0.4 is 4.74 Å². The molecule has 0 fully saturated rings. The van der Waals surface area contributed by atoms with Crippen molar-refractivity contribution in [2.24, 2.45) is 0 Å². The van der Waals surface area contributed by atoms with E-state index >= 15 is 0 Å². The van der Waals surface area contributed by atoms with Gasteiger partial charge in [0.2, 0.25) is 0 Å². The average Bonchev–Trinajstić information content (AvgIpc) is 2.73. The molecule has 0 aromatic heterocycles. The van der Waals surface area contributed by atoms with Crippen molar-refractivity contribution >= 4 is 5.57 Å². The Hall–Kier alpha value is -2.60. The zero-order chi connectivity index (χ0) is 21.6. The summed E-state index contributed by atoms with van der Waals surface area (Å²) in [5, 5.41) is 0. The Bertz CT molecular complexity index is 923. The highest BCUT2D eigenvalue weighted by atomic mass is 19.3. The molecule has 0 saturated carbocycles. The van der Waals surface area contributed by atoms with E-state index in [1.54, 1.807) is 6.07 Å². The molecule has 1 unspecified atom stereocenters. The number of allylic oxidation sites excluding steroid dienone is 2. The lowest BCUT2D eigenvalue weighted by Gasteiger charge is -2.33. The van der Waals surface area contributed by atoms with E-state index in [0.29, 0.717) is 18.6 Å². The Morgan fingerprint density at radius 1 is 1.07 bits per heavy atom. The van der Waals surface area contributed by atoms with Gasteiger partial charge in [0, 0.05) is 13.0 Å². The third-order valence-electron chi connectivity index (χ3n) is 5.06. The van der Waals surface area contributed by atoms with Crippen LogP contribution in [0.5, 0.6) is 5.75 Å². The van der Waals surface area contributed by atoms with E-state index in [9.17, 15) is 17.6 Å². The van der Waals surface area contributed by atoms with Crippen LogP contribution in [0, 0.1) is 11.6 Å². The molecule has 1 aliphatic carbocycles. The molecule has 0 radical (unpaired) electrons. The lowest BCUT2D eigenvalue weighted by Crippen LogP contribution is -2.29. The van der Waals surface area contributed by atoms with E-state index in [0.717, 1.165) is 30.4 Å². The summed E-state index contributed by atoms with van der Waals surface area (Å²) in [7, 11) is 0. The second-order valence-electron chi connectivity index (χ2n) is 7.18. The van der Waals surface area contributed by atoms with Gasteiger partial charge in [0.15, 0.2) is 11.6 Å². The molecule has 0 saturated heterocycles. The maximum atomic E-state index is 14.4. The molecule has 160 valence electrons. The molecule has 0 amide bonds. The number of hydrogen-bond acceptors (Lipinski definition) is 2. The molecule has 0 bridgehead atoms. The predicted octanol–water partition coefficient (Wildman–Crippen LogP) is 7.01. The van der Waals surface area contributed by atoms with Crippen molar-refractivity contribution in [2.45, 2.75) is 44.8 Å². The Morgan fingerprint density at radius 2 is 1.90 bits per heavy atom. The van der Waals surface area contributed by atoms with Crippen molar-refractivity contribution in [2.75, 3.05) is 6.61 Å². The fraction of sp³-hybridized carbons (Fsp3) is 0.333. The number of halogens is 4. The van der Waals surface area contributed by atoms with Crippen molar-refractivity contribution in [3.05, 3.63) is 83.5 Å². The van der Waals surface area contributed by atoms with E-state index in [4.69, 9.17) is 4.74 Å². The first kappa shape index (κ1) is 22.1. The van der Waals surface area contributed by atoms with Crippen molar-refractivity contribution < 1.29 is 27.0 Å².